The molecule has 0 aromatic heterocycles. The molecule has 0 unspecified atom stereocenters. The number of benzene rings is 1. The van der Waals surface area contributed by atoms with Crippen molar-refractivity contribution < 1.29 is 9.53 Å². The van der Waals surface area contributed by atoms with Gasteiger partial charge in [0.25, 0.3) is 5.91 Å². The lowest BCUT2D eigenvalue weighted by Gasteiger charge is -2.30. The van der Waals surface area contributed by atoms with E-state index in [-0.39, 0.29) is 11.9 Å². The molecule has 3 rings (SSSR count). The number of fused-ring (bicyclic) bond motifs is 1. The summed E-state index contributed by atoms with van der Waals surface area (Å²) in [6.07, 6.45) is 7.18. The molecule has 2 aliphatic rings. The first-order valence-electron chi connectivity index (χ1n) is 9.43. The third-order valence-corrected chi connectivity index (χ3v) is 5.33. The minimum atomic E-state index is -0.397. The van der Waals surface area contributed by atoms with Gasteiger partial charge >= 0.3 is 0 Å². The van der Waals surface area contributed by atoms with Crippen molar-refractivity contribution in [3.63, 3.8) is 0 Å². The molecular weight excluding hydrogens is 300 g/mol. The van der Waals surface area contributed by atoms with Crippen molar-refractivity contribution in [2.45, 2.75) is 64.0 Å². The molecule has 4 heteroatoms. The highest BCUT2D eigenvalue weighted by atomic mass is 16.5. The largest absolute Gasteiger partial charge is 0.481 e. The molecule has 1 atom stereocenters. The van der Waals surface area contributed by atoms with Crippen LogP contribution < -0.4 is 10.1 Å². The van der Waals surface area contributed by atoms with E-state index in [1.54, 1.807) is 0 Å². The van der Waals surface area contributed by atoms with Gasteiger partial charge in [-0.25, -0.2) is 0 Å². The Hall–Kier alpha value is -1.55. The van der Waals surface area contributed by atoms with E-state index >= 15 is 0 Å². The first kappa shape index (κ1) is 17.3. The fourth-order valence-corrected chi connectivity index (χ4v) is 3.72. The highest BCUT2D eigenvalue weighted by Gasteiger charge is 2.24. The topological polar surface area (TPSA) is 41.6 Å². The molecule has 1 aromatic rings. The maximum atomic E-state index is 12.6. The zero-order chi connectivity index (χ0) is 16.9. The zero-order valence-electron chi connectivity index (χ0n) is 15.0. The summed E-state index contributed by atoms with van der Waals surface area (Å²) in [6.45, 7) is 4.11. The van der Waals surface area contributed by atoms with Crippen LogP contribution in [0.5, 0.6) is 5.75 Å². The van der Waals surface area contributed by atoms with E-state index in [2.05, 4.69) is 29.4 Å². The first-order valence-corrected chi connectivity index (χ1v) is 9.43. The van der Waals surface area contributed by atoms with Crippen molar-refractivity contribution in [3.05, 3.63) is 29.3 Å². The number of carbonyl (C=O) groups excluding carboxylic acids is 1. The van der Waals surface area contributed by atoms with E-state index in [1.807, 2.05) is 13.0 Å². The van der Waals surface area contributed by atoms with E-state index in [4.69, 9.17) is 4.74 Å². The Bertz CT molecular complexity index is 565. The number of nitrogens with one attached hydrogen (secondary N) is 1. The third-order valence-electron chi connectivity index (χ3n) is 5.33. The van der Waals surface area contributed by atoms with Crippen molar-refractivity contribution >= 4 is 5.91 Å². The number of hydrogen-bond donors (Lipinski definition) is 1. The Labute approximate surface area is 145 Å². The maximum Gasteiger partial charge on any atom is 0.261 e. The number of carbonyl (C=O) groups is 1. The average Bonchev–Trinajstić information content (AvgIpc) is 2.61. The summed E-state index contributed by atoms with van der Waals surface area (Å²) in [7, 11) is 2.13. The summed E-state index contributed by atoms with van der Waals surface area (Å²) in [5.74, 6) is 0.866. The summed E-state index contributed by atoms with van der Waals surface area (Å²) in [5.41, 5.74) is 2.83. The number of amides is 1. The summed E-state index contributed by atoms with van der Waals surface area (Å²) in [5, 5.41) is 3.18. The van der Waals surface area contributed by atoms with E-state index in [0.717, 1.165) is 38.1 Å². The molecule has 0 saturated carbocycles. The number of aryl methyl sites for hydroxylation is 2. The van der Waals surface area contributed by atoms with Gasteiger partial charge in [-0.05, 0) is 88.3 Å². The van der Waals surface area contributed by atoms with Crippen LogP contribution in [0.25, 0.3) is 0 Å². The van der Waals surface area contributed by atoms with Gasteiger partial charge in [-0.3, -0.25) is 4.79 Å². The van der Waals surface area contributed by atoms with Gasteiger partial charge in [-0.2, -0.15) is 0 Å². The van der Waals surface area contributed by atoms with Crippen LogP contribution in [0.2, 0.25) is 0 Å². The molecule has 0 radical (unpaired) electrons. The molecule has 1 heterocycles. The average molecular weight is 330 g/mol. The molecule has 1 aromatic carbocycles. The van der Waals surface area contributed by atoms with Crippen molar-refractivity contribution in [1.29, 1.82) is 0 Å². The van der Waals surface area contributed by atoms with Gasteiger partial charge in [0.05, 0.1) is 0 Å². The van der Waals surface area contributed by atoms with Crippen molar-refractivity contribution in [2.75, 3.05) is 20.1 Å². The normalized spacial score (nSPS) is 20.2. The van der Waals surface area contributed by atoms with Crippen molar-refractivity contribution in [2.24, 2.45) is 0 Å². The Balaban J connectivity index is 1.58. The Morgan fingerprint density at radius 3 is 2.67 bits per heavy atom. The van der Waals surface area contributed by atoms with Crippen LogP contribution in [0.3, 0.4) is 0 Å². The van der Waals surface area contributed by atoms with Gasteiger partial charge in [0.1, 0.15) is 5.75 Å². The van der Waals surface area contributed by atoms with Gasteiger partial charge in [0.2, 0.25) is 0 Å². The van der Waals surface area contributed by atoms with Gasteiger partial charge in [0.15, 0.2) is 6.10 Å². The van der Waals surface area contributed by atoms with E-state index in [9.17, 15) is 4.79 Å². The minimum absolute atomic E-state index is 0.0322. The Morgan fingerprint density at radius 1 is 1.25 bits per heavy atom. The van der Waals surface area contributed by atoms with Crippen LogP contribution in [0, 0.1) is 0 Å². The molecule has 0 bridgehead atoms. The number of nitrogens with zero attached hydrogens (tertiary/aromatic N) is 1. The number of piperidine rings is 1. The molecule has 24 heavy (non-hydrogen) atoms. The van der Waals surface area contributed by atoms with E-state index < -0.39 is 6.10 Å². The predicted octanol–water partition coefficient (Wildman–Crippen LogP) is 2.93. The summed E-state index contributed by atoms with van der Waals surface area (Å²) in [4.78, 5) is 14.9. The van der Waals surface area contributed by atoms with Gasteiger partial charge in [-0.1, -0.05) is 13.0 Å². The van der Waals surface area contributed by atoms with Crippen LogP contribution >= 0.6 is 0 Å². The van der Waals surface area contributed by atoms with Crippen LogP contribution in [-0.4, -0.2) is 43.1 Å². The minimum Gasteiger partial charge on any atom is -0.481 e. The van der Waals surface area contributed by atoms with Crippen LogP contribution in [0.1, 0.15) is 50.2 Å². The SMILES string of the molecule is CC[C@H](Oc1ccc2c(c1)CCCC2)C(=O)NC1CCN(C)CC1. The number of rotatable bonds is 5. The fraction of sp³-hybridized carbons (Fsp3) is 0.650. The van der Waals surface area contributed by atoms with E-state index in [0.29, 0.717) is 6.42 Å². The standard InChI is InChI=1S/C20H30N2O2/c1-3-19(20(23)21-17-10-12-22(2)13-11-17)24-18-9-8-15-6-4-5-7-16(15)14-18/h8-9,14,17,19H,3-7,10-13H2,1-2H3,(H,21,23)/t19-/m0/s1. The molecule has 1 saturated heterocycles. The molecular formula is C20H30N2O2. The zero-order valence-corrected chi connectivity index (χ0v) is 15.0. The van der Waals surface area contributed by atoms with Crippen LogP contribution in [-0.2, 0) is 17.6 Å². The van der Waals surface area contributed by atoms with E-state index in [1.165, 1.54) is 30.4 Å². The number of likely N-dealkylation sites (tertiary alicyclic amines) is 1. The summed E-state index contributed by atoms with van der Waals surface area (Å²) >= 11 is 0. The molecule has 1 N–H and O–H groups in total. The third kappa shape index (κ3) is 4.29. The molecule has 132 valence electrons. The maximum absolute atomic E-state index is 12.6. The Kier molecular flexibility index (Phi) is 5.77. The lowest BCUT2D eigenvalue weighted by molar-refractivity contribution is -0.129. The quantitative estimate of drug-likeness (QED) is 0.902. The van der Waals surface area contributed by atoms with Gasteiger partial charge in [0, 0.05) is 6.04 Å². The summed E-state index contributed by atoms with van der Waals surface area (Å²) < 4.78 is 6.03. The molecule has 1 aliphatic carbocycles. The van der Waals surface area contributed by atoms with Crippen LogP contribution in [0.15, 0.2) is 18.2 Å². The highest BCUT2D eigenvalue weighted by molar-refractivity contribution is 5.81. The predicted molar refractivity (Wildman–Crippen MR) is 96.5 cm³/mol. The molecule has 1 aliphatic heterocycles. The van der Waals surface area contributed by atoms with Gasteiger partial charge in [-0.15, -0.1) is 0 Å². The second-order valence-electron chi connectivity index (χ2n) is 7.24. The molecule has 1 amide bonds. The highest BCUT2D eigenvalue weighted by Crippen LogP contribution is 2.26. The second-order valence-corrected chi connectivity index (χ2v) is 7.24. The number of ether oxygens (including phenoxy) is 1. The monoisotopic (exact) mass is 330 g/mol. The second kappa shape index (κ2) is 8.02. The molecule has 1 fully saturated rings. The Morgan fingerprint density at radius 2 is 1.96 bits per heavy atom. The summed E-state index contributed by atoms with van der Waals surface area (Å²) in [6, 6.07) is 6.62. The molecule has 0 spiro atoms. The lowest BCUT2D eigenvalue weighted by atomic mass is 9.92. The van der Waals surface area contributed by atoms with Crippen molar-refractivity contribution in [3.8, 4) is 5.75 Å². The fourth-order valence-electron chi connectivity index (χ4n) is 3.72. The first-order chi connectivity index (χ1) is 11.7. The molecule has 4 nitrogen and oxygen atoms in total. The van der Waals surface area contributed by atoms with Crippen LogP contribution in [0.4, 0.5) is 0 Å². The lowest BCUT2D eigenvalue weighted by Crippen LogP contribution is -2.47. The van der Waals surface area contributed by atoms with Crippen molar-refractivity contribution in [1.82, 2.24) is 10.2 Å². The van der Waals surface area contributed by atoms with Gasteiger partial charge < -0.3 is 15.0 Å². The smallest absolute Gasteiger partial charge is 0.261 e. The number of hydrogen-bond acceptors (Lipinski definition) is 3.